The van der Waals surface area contributed by atoms with Crippen LogP contribution in [-0.2, 0) is 39.8 Å². The smallest absolute Gasteiger partial charge is 0.410 e. The number of benzene rings is 2. The monoisotopic (exact) mass is 949 g/mol. The van der Waals surface area contributed by atoms with E-state index in [0.717, 1.165) is 16.5 Å². The van der Waals surface area contributed by atoms with Gasteiger partial charge in [-0.15, -0.1) is 0 Å². The first-order valence-electron chi connectivity index (χ1n) is 22.7. The number of fused-ring (bicyclic) bond motifs is 1. The van der Waals surface area contributed by atoms with Gasteiger partial charge in [0.25, 0.3) is 0 Å². The zero-order chi connectivity index (χ0) is 50.9. The van der Waals surface area contributed by atoms with E-state index in [1.54, 1.807) is 89.2 Å². The predicted molar refractivity (Wildman–Crippen MR) is 258 cm³/mol. The molecular weight excluding hydrogens is 877 g/mol. The third kappa shape index (κ3) is 22.2. The molecule has 5 N–H and O–H groups in total. The molecule has 1 aromatic heterocycles. The predicted octanol–water partition coefficient (Wildman–Crippen LogP) is 6.69. The van der Waals surface area contributed by atoms with Gasteiger partial charge in [-0.25, -0.2) is 19.2 Å². The van der Waals surface area contributed by atoms with Crippen LogP contribution in [0.1, 0.15) is 101 Å². The summed E-state index contributed by atoms with van der Waals surface area (Å²) in [6.07, 6.45) is -1.76. The molecule has 0 saturated carbocycles. The summed E-state index contributed by atoms with van der Waals surface area (Å²) in [6.45, 7) is 19.7. The molecule has 374 valence electrons. The maximum absolute atomic E-state index is 14.5. The largest absolute Gasteiger partial charge is 0.444 e. The number of para-hydroxylation sites is 1. The molecule has 0 aliphatic rings. The molecule has 7 amide bonds. The van der Waals surface area contributed by atoms with E-state index in [1.807, 2.05) is 54.6 Å². The third-order valence-corrected chi connectivity index (χ3v) is 9.19. The topological polar surface area (TPSA) is 236 Å². The lowest BCUT2D eigenvalue weighted by Crippen LogP contribution is -2.55. The second-order valence-electron chi connectivity index (χ2n) is 20.1. The summed E-state index contributed by atoms with van der Waals surface area (Å²) in [4.78, 5) is 102. The highest BCUT2D eigenvalue weighted by atomic mass is 16.6. The summed E-state index contributed by atoms with van der Waals surface area (Å²) in [5.41, 5.74) is -1.42. The number of amides is 7. The van der Waals surface area contributed by atoms with E-state index in [-0.39, 0.29) is 45.7 Å². The van der Waals surface area contributed by atoms with Gasteiger partial charge in [-0.1, -0.05) is 48.5 Å². The molecule has 0 spiro atoms. The van der Waals surface area contributed by atoms with Gasteiger partial charge in [-0.3, -0.25) is 19.4 Å². The second kappa shape index (κ2) is 24.9. The van der Waals surface area contributed by atoms with E-state index >= 15 is 0 Å². The van der Waals surface area contributed by atoms with Crippen LogP contribution >= 0.6 is 0 Å². The molecule has 2 unspecified atom stereocenters. The first kappa shape index (κ1) is 55.7. The lowest BCUT2D eigenvalue weighted by Gasteiger charge is -2.31. The Kier molecular flexibility index (Phi) is 20.4. The summed E-state index contributed by atoms with van der Waals surface area (Å²) >= 11 is 0. The highest BCUT2D eigenvalue weighted by molar-refractivity contribution is 6.00. The first-order chi connectivity index (χ1) is 31.6. The van der Waals surface area contributed by atoms with Crippen LogP contribution in [0.3, 0.4) is 0 Å². The zero-order valence-electron chi connectivity index (χ0n) is 41.7. The van der Waals surface area contributed by atoms with Crippen molar-refractivity contribution in [3.8, 4) is 0 Å². The fourth-order valence-electron chi connectivity index (χ4n) is 6.27. The first-order valence-corrected chi connectivity index (χ1v) is 22.7. The van der Waals surface area contributed by atoms with Gasteiger partial charge in [0.05, 0.1) is 23.8 Å². The summed E-state index contributed by atoms with van der Waals surface area (Å²) in [5, 5.41) is 14.2. The number of hydrogen-bond acceptors (Lipinski definition) is 12. The molecular formula is C49H72N8O11. The highest BCUT2D eigenvalue weighted by Gasteiger charge is 2.33. The quantitative estimate of drug-likeness (QED) is 0.0791. The lowest BCUT2D eigenvalue weighted by molar-refractivity contribution is -0.135. The molecule has 2 atom stereocenters. The Labute approximate surface area is 400 Å². The Hall–Kier alpha value is -6.66. The van der Waals surface area contributed by atoms with E-state index in [1.165, 1.54) is 16.0 Å². The van der Waals surface area contributed by atoms with Gasteiger partial charge in [-0.05, 0) is 114 Å². The Morgan fingerprint density at radius 2 is 1.09 bits per heavy atom. The Balaban J connectivity index is 1.95. The maximum Gasteiger partial charge on any atom is 0.410 e. The average Bonchev–Trinajstić information content (AvgIpc) is 3.20. The van der Waals surface area contributed by atoms with Crippen molar-refractivity contribution in [2.75, 3.05) is 44.6 Å². The van der Waals surface area contributed by atoms with Gasteiger partial charge in [0.15, 0.2) is 0 Å². The number of nitrogens with zero attached hydrogens (tertiary/aromatic N) is 3. The lowest BCUT2D eigenvalue weighted by atomic mass is 10.0. The van der Waals surface area contributed by atoms with Crippen molar-refractivity contribution in [2.24, 2.45) is 0 Å². The second-order valence-corrected chi connectivity index (χ2v) is 20.1. The van der Waals surface area contributed by atoms with Crippen LogP contribution in [-0.4, -0.2) is 131 Å². The minimum Gasteiger partial charge on any atom is -0.444 e. The SMILES string of the molecule is CC(C)(C)OC(=O)NCCN(CCN(CCNC(=O)OC(C)(C)C)C(=O)OC(C)(C)C)C(=O)CC(NC(=O)OC(C)(C)C)C(=O)NC(CCc1ccccc1)C(=O)Nc1cnc2ccccc2c1. The summed E-state index contributed by atoms with van der Waals surface area (Å²) in [5.74, 6) is -2.09. The number of alkyl carbamates (subject to hydrolysis) is 3. The number of hydrogen-bond donors (Lipinski definition) is 5. The number of nitrogens with one attached hydrogen (secondary N) is 5. The molecule has 0 aliphatic carbocycles. The molecule has 0 saturated heterocycles. The molecule has 19 nitrogen and oxygen atoms in total. The van der Waals surface area contributed by atoms with Gasteiger partial charge >= 0.3 is 24.4 Å². The van der Waals surface area contributed by atoms with Crippen molar-refractivity contribution in [1.29, 1.82) is 0 Å². The zero-order valence-corrected chi connectivity index (χ0v) is 41.7. The number of carbonyl (C=O) groups is 7. The molecule has 3 aromatic rings. The van der Waals surface area contributed by atoms with Gasteiger partial charge in [0.2, 0.25) is 17.7 Å². The van der Waals surface area contributed by atoms with Gasteiger partial charge in [-0.2, -0.15) is 0 Å². The highest BCUT2D eigenvalue weighted by Crippen LogP contribution is 2.18. The van der Waals surface area contributed by atoms with Gasteiger partial charge in [0.1, 0.15) is 34.5 Å². The van der Waals surface area contributed by atoms with Crippen molar-refractivity contribution >= 4 is 58.7 Å². The summed E-state index contributed by atoms with van der Waals surface area (Å²) in [7, 11) is 0. The number of pyridine rings is 1. The van der Waals surface area contributed by atoms with Crippen LogP contribution in [0.4, 0.5) is 24.9 Å². The van der Waals surface area contributed by atoms with Gasteiger partial charge in [0, 0.05) is 44.7 Å². The molecule has 19 heteroatoms. The molecule has 0 aliphatic heterocycles. The average molecular weight is 949 g/mol. The van der Waals surface area contributed by atoms with Crippen LogP contribution in [0.5, 0.6) is 0 Å². The molecule has 3 rings (SSSR count). The van der Waals surface area contributed by atoms with Crippen molar-refractivity contribution < 1.29 is 52.5 Å². The van der Waals surface area contributed by atoms with Crippen LogP contribution < -0.4 is 26.6 Å². The molecule has 0 bridgehead atoms. The third-order valence-electron chi connectivity index (χ3n) is 9.19. The van der Waals surface area contributed by atoms with Crippen molar-refractivity contribution in [2.45, 2.75) is 137 Å². The fraction of sp³-hybridized carbons (Fsp3) is 0.551. The minimum atomic E-state index is -1.58. The van der Waals surface area contributed by atoms with Crippen LogP contribution in [0.2, 0.25) is 0 Å². The van der Waals surface area contributed by atoms with Crippen molar-refractivity contribution in [3.63, 3.8) is 0 Å². The molecule has 68 heavy (non-hydrogen) atoms. The van der Waals surface area contributed by atoms with Crippen LogP contribution in [0.15, 0.2) is 66.9 Å². The maximum atomic E-state index is 14.5. The molecule has 0 fully saturated rings. The molecule has 0 radical (unpaired) electrons. The van der Waals surface area contributed by atoms with E-state index < -0.39 is 83.0 Å². The van der Waals surface area contributed by atoms with Crippen LogP contribution in [0, 0.1) is 0 Å². The van der Waals surface area contributed by atoms with Crippen molar-refractivity contribution in [3.05, 3.63) is 72.4 Å². The number of ether oxygens (including phenoxy) is 4. The summed E-state index contributed by atoms with van der Waals surface area (Å²) in [6, 6.07) is 15.8. The standard InChI is InChI=1S/C49H72N8O11/c1-46(2,3)65-42(61)50-24-26-56(28-29-57(45(64)68-49(10,11)12)27-25-51-43(62)66-47(4,5)6)39(58)31-38(55-44(63)67-48(7,8)9)41(60)54-37(23-22-33-18-14-13-15-19-33)40(59)53-35-30-34-20-16-17-21-36(34)52-32-35/h13-21,30,32,37-38H,22-29,31H2,1-12H3,(H,50,61)(H,51,62)(H,53,59)(H,54,60)(H,55,63). The Bertz CT molecular complexity index is 2180. The van der Waals surface area contributed by atoms with Crippen molar-refractivity contribution in [1.82, 2.24) is 36.1 Å². The summed E-state index contributed by atoms with van der Waals surface area (Å²) < 4.78 is 21.8. The van der Waals surface area contributed by atoms with E-state index in [9.17, 15) is 33.6 Å². The fourth-order valence-corrected chi connectivity index (χ4v) is 6.27. The number of aromatic nitrogens is 1. The molecule has 2 aromatic carbocycles. The minimum absolute atomic E-state index is 0.0270. The Morgan fingerprint density at radius 1 is 0.574 bits per heavy atom. The van der Waals surface area contributed by atoms with E-state index in [4.69, 9.17) is 18.9 Å². The Morgan fingerprint density at radius 3 is 1.66 bits per heavy atom. The van der Waals surface area contributed by atoms with E-state index in [2.05, 4.69) is 31.6 Å². The normalized spacial score (nSPS) is 12.6. The van der Waals surface area contributed by atoms with E-state index in [0.29, 0.717) is 12.1 Å². The van der Waals surface area contributed by atoms with Crippen LogP contribution in [0.25, 0.3) is 10.9 Å². The number of rotatable bonds is 19. The van der Waals surface area contributed by atoms with Gasteiger partial charge < -0.3 is 55.3 Å². The number of aryl methyl sites for hydroxylation is 1. The molecule has 1 heterocycles. The number of anilines is 1. The number of carbonyl (C=O) groups excluding carboxylic acids is 7.